The quantitative estimate of drug-likeness (QED) is 0.729. The average molecular weight is 432 g/mol. The molecule has 2 saturated carbocycles. The Morgan fingerprint density at radius 2 is 1.87 bits per heavy atom. The lowest BCUT2D eigenvalue weighted by Crippen LogP contribution is -2.36. The van der Waals surface area contributed by atoms with Crippen LogP contribution in [0.4, 0.5) is 0 Å². The number of sulfonamides is 1. The Hall–Kier alpha value is -1.73. The van der Waals surface area contributed by atoms with Gasteiger partial charge in [0.15, 0.2) is 0 Å². The Bertz CT molecular complexity index is 993. The number of carbonyl (C=O) groups excluding carboxylic acids is 1. The molecule has 1 aromatic rings. The summed E-state index contributed by atoms with van der Waals surface area (Å²) in [6.45, 7) is 9.71. The standard InChI is InChI=1S/C23H33N3O3S/c1-16-8-9-17(14-19(16)30(28,29)26-12-6-5-7-13-26)21(27)25-24-20-15-18-10-11-23(20,4)22(18,2)3/h8-9,14,18H,5-7,10-13,15H2,1-4H3,(H,25,27)/b24-20-/t18-,23+/m0/s1. The number of fused-ring (bicyclic) bond motifs is 2. The number of rotatable bonds is 4. The summed E-state index contributed by atoms with van der Waals surface area (Å²) < 4.78 is 27.8. The fourth-order valence-corrected chi connectivity index (χ4v) is 7.31. The number of nitrogens with zero attached hydrogens (tertiary/aromatic N) is 2. The monoisotopic (exact) mass is 431 g/mol. The molecule has 30 heavy (non-hydrogen) atoms. The fourth-order valence-electron chi connectivity index (χ4n) is 5.54. The van der Waals surface area contributed by atoms with Gasteiger partial charge in [-0.3, -0.25) is 4.79 Å². The van der Waals surface area contributed by atoms with Crippen molar-refractivity contribution in [2.75, 3.05) is 13.1 Å². The van der Waals surface area contributed by atoms with Crippen molar-refractivity contribution in [2.24, 2.45) is 21.8 Å². The molecular formula is C23H33N3O3S. The zero-order chi connectivity index (χ0) is 21.7. The third-order valence-corrected chi connectivity index (χ3v) is 10.2. The fraction of sp³-hybridized carbons (Fsp3) is 0.652. The molecule has 1 aliphatic heterocycles. The molecule has 3 fully saturated rings. The second kappa shape index (κ2) is 7.45. The highest BCUT2D eigenvalue weighted by molar-refractivity contribution is 7.89. The molecule has 4 rings (SSSR count). The molecule has 0 spiro atoms. The van der Waals surface area contributed by atoms with E-state index < -0.39 is 10.0 Å². The van der Waals surface area contributed by atoms with Gasteiger partial charge in [-0.2, -0.15) is 9.41 Å². The summed E-state index contributed by atoms with van der Waals surface area (Å²) in [4.78, 5) is 13.0. The van der Waals surface area contributed by atoms with Crippen molar-refractivity contribution in [3.8, 4) is 0 Å². The van der Waals surface area contributed by atoms with E-state index in [0.29, 0.717) is 30.1 Å². The van der Waals surface area contributed by atoms with Gasteiger partial charge in [0.05, 0.1) is 4.90 Å². The van der Waals surface area contributed by atoms with Crippen molar-refractivity contribution in [1.29, 1.82) is 0 Å². The van der Waals surface area contributed by atoms with Crippen LogP contribution in [0.1, 0.15) is 75.2 Å². The Balaban J connectivity index is 1.55. The summed E-state index contributed by atoms with van der Waals surface area (Å²) in [5.41, 5.74) is 4.96. The van der Waals surface area contributed by atoms with E-state index in [-0.39, 0.29) is 21.6 Å². The number of nitrogens with one attached hydrogen (secondary N) is 1. The molecule has 1 N–H and O–H groups in total. The molecule has 7 heteroatoms. The maximum Gasteiger partial charge on any atom is 0.271 e. The first-order valence-corrected chi connectivity index (χ1v) is 12.5. The molecule has 164 valence electrons. The van der Waals surface area contributed by atoms with Gasteiger partial charge in [-0.1, -0.05) is 33.3 Å². The SMILES string of the molecule is Cc1ccc(C(=O)N/N=C2/C[C@@H]3CC[C@@]2(C)C3(C)C)cc1S(=O)(=O)N1CCCCC1. The largest absolute Gasteiger partial charge is 0.271 e. The molecule has 1 amide bonds. The van der Waals surface area contributed by atoms with Crippen molar-refractivity contribution < 1.29 is 13.2 Å². The smallest absolute Gasteiger partial charge is 0.267 e. The number of carbonyl (C=O) groups is 1. The second-order valence-corrected chi connectivity index (χ2v) is 11.8. The van der Waals surface area contributed by atoms with Crippen LogP contribution >= 0.6 is 0 Å². The minimum absolute atomic E-state index is 0.0149. The van der Waals surface area contributed by atoms with E-state index in [1.165, 1.54) is 12.5 Å². The molecule has 1 aromatic carbocycles. The minimum atomic E-state index is -3.59. The van der Waals surface area contributed by atoms with Gasteiger partial charge in [0, 0.05) is 29.8 Å². The molecule has 0 unspecified atom stereocenters. The van der Waals surface area contributed by atoms with Crippen LogP contribution in [-0.4, -0.2) is 37.4 Å². The van der Waals surface area contributed by atoms with Gasteiger partial charge < -0.3 is 0 Å². The average Bonchev–Trinajstić information content (AvgIpc) is 3.06. The third kappa shape index (κ3) is 3.30. The van der Waals surface area contributed by atoms with Crippen LogP contribution in [0.5, 0.6) is 0 Å². The number of benzene rings is 1. The molecule has 2 atom stereocenters. The van der Waals surface area contributed by atoms with Crippen molar-refractivity contribution in [2.45, 2.75) is 71.1 Å². The first-order valence-electron chi connectivity index (χ1n) is 11.1. The highest BCUT2D eigenvalue weighted by Gasteiger charge is 2.60. The number of hydrazone groups is 1. The summed E-state index contributed by atoms with van der Waals surface area (Å²) in [5.74, 6) is 0.251. The zero-order valence-corrected chi connectivity index (χ0v) is 19.3. The van der Waals surface area contributed by atoms with E-state index in [1.54, 1.807) is 23.4 Å². The topological polar surface area (TPSA) is 78.8 Å². The van der Waals surface area contributed by atoms with Crippen LogP contribution in [-0.2, 0) is 10.0 Å². The van der Waals surface area contributed by atoms with E-state index in [1.807, 2.05) is 0 Å². The molecular weight excluding hydrogens is 398 g/mol. The van der Waals surface area contributed by atoms with Gasteiger partial charge in [-0.15, -0.1) is 0 Å². The second-order valence-electron chi connectivity index (χ2n) is 9.94. The van der Waals surface area contributed by atoms with E-state index >= 15 is 0 Å². The van der Waals surface area contributed by atoms with Gasteiger partial charge in [0.25, 0.3) is 5.91 Å². The lowest BCUT2D eigenvalue weighted by Gasteiger charge is -2.34. The molecule has 3 aliphatic rings. The summed E-state index contributed by atoms with van der Waals surface area (Å²) >= 11 is 0. The van der Waals surface area contributed by atoms with Crippen LogP contribution < -0.4 is 5.43 Å². The van der Waals surface area contributed by atoms with Gasteiger partial charge in [0.2, 0.25) is 10.0 Å². The van der Waals surface area contributed by atoms with Crippen molar-refractivity contribution in [3.63, 3.8) is 0 Å². The minimum Gasteiger partial charge on any atom is -0.267 e. The Labute approximate surface area is 180 Å². The van der Waals surface area contributed by atoms with E-state index in [2.05, 4.69) is 31.3 Å². The number of aryl methyl sites for hydroxylation is 1. The zero-order valence-electron chi connectivity index (χ0n) is 18.5. The maximum absolute atomic E-state index is 13.1. The summed E-state index contributed by atoms with van der Waals surface area (Å²) in [7, 11) is -3.59. The third-order valence-electron chi connectivity index (χ3n) is 8.19. The highest BCUT2D eigenvalue weighted by Crippen LogP contribution is 2.63. The lowest BCUT2D eigenvalue weighted by atomic mass is 9.70. The van der Waals surface area contributed by atoms with Crippen molar-refractivity contribution in [3.05, 3.63) is 29.3 Å². The maximum atomic E-state index is 13.1. The molecule has 1 saturated heterocycles. The van der Waals surface area contributed by atoms with Crippen LogP contribution in [0.15, 0.2) is 28.2 Å². The molecule has 6 nitrogen and oxygen atoms in total. The Kier molecular flexibility index (Phi) is 5.34. The van der Waals surface area contributed by atoms with Crippen LogP contribution in [0.25, 0.3) is 0 Å². The molecule has 1 heterocycles. The van der Waals surface area contributed by atoms with E-state index in [0.717, 1.165) is 37.8 Å². The number of piperidine rings is 1. The number of hydrogen-bond acceptors (Lipinski definition) is 4. The van der Waals surface area contributed by atoms with Gasteiger partial charge in [-0.05, 0) is 68.1 Å². The summed E-state index contributed by atoms with van der Waals surface area (Å²) in [5, 5.41) is 4.51. The first kappa shape index (κ1) is 21.5. The van der Waals surface area contributed by atoms with Gasteiger partial charge >= 0.3 is 0 Å². The van der Waals surface area contributed by atoms with Crippen LogP contribution in [0.2, 0.25) is 0 Å². The molecule has 2 bridgehead atoms. The Morgan fingerprint density at radius 3 is 2.47 bits per heavy atom. The van der Waals surface area contributed by atoms with Crippen molar-refractivity contribution in [1.82, 2.24) is 9.73 Å². The number of hydrogen-bond donors (Lipinski definition) is 1. The van der Waals surface area contributed by atoms with E-state index in [9.17, 15) is 13.2 Å². The summed E-state index contributed by atoms with van der Waals surface area (Å²) in [6.07, 6.45) is 6.06. The van der Waals surface area contributed by atoms with Gasteiger partial charge in [-0.25, -0.2) is 13.8 Å². The highest BCUT2D eigenvalue weighted by atomic mass is 32.2. The first-order chi connectivity index (χ1) is 14.1. The predicted molar refractivity (Wildman–Crippen MR) is 118 cm³/mol. The van der Waals surface area contributed by atoms with Crippen molar-refractivity contribution >= 4 is 21.6 Å². The Morgan fingerprint density at radius 1 is 1.17 bits per heavy atom. The summed E-state index contributed by atoms with van der Waals surface area (Å²) in [6, 6.07) is 4.88. The lowest BCUT2D eigenvalue weighted by molar-refractivity contribution is 0.0953. The van der Waals surface area contributed by atoms with E-state index in [4.69, 9.17) is 0 Å². The van der Waals surface area contributed by atoms with Crippen LogP contribution in [0.3, 0.4) is 0 Å². The normalized spacial score (nSPS) is 30.0. The van der Waals surface area contributed by atoms with Crippen LogP contribution in [0, 0.1) is 23.7 Å². The van der Waals surface area contributed by atoms with Gasteiger partial charge in [0.1, 0.15) is 0 Å². The number of amides is 1. The molecule has 0 aromatic heterocycles. The molecule has 0 radical (unpaired) electrons. The predicted octanol–water partition coefficient (Wildman–Crippen LogP) is 4.10. The molecule has 2 aliphatic carbocycles.